The normalized spacial score (nSPS) is 19.0. The molecular formula is C12H12FNO3. The van der Waals surface area contributed by atoms with Crippen molar-refractivity contribution in [1.82, 2.24) is 4.98 Å². The topological polar surface area (TPSA) is 67.3 Å². The van der Waals surface area contributed by atoms with Gasteiger partial charge in [0, 0.05) is 19.0 Å². The minimum absolute atomic E-state index is 0.0261. The maximum atomic E-state index is 13.7. The molecule has 17 heavy (non-hydrogen) atoms. The predicted molar refractivity (Wildman–Crippen MR) is 57.0 cm³/mol. The van der Waals surface area contributed by atoms with Crippen molar-refractivity contribution in [2.45, 2.75) is 31.1 Å². The second kappa shape index (κ2) is 4.24. The largest absolute Gasteiger partial charge is 0.481 e. The van der Waals surface area contributed by atoms with E-state index in [0.29, 0.717) is 0 Å². The Morgan fingerprint density at radius 2 is 2.06 bits per heavy atom. The average molecular weight is 237 g/mol. The van der Waals surface area contributed by atoms with E-state index >= 15 is 0 Å². The first-order chi connectivity index (χ1) is 8.06. The van der Waals surface area contributed by atoms with Crippen molar-refractivity contribution in [3.05, 3.63) is 29.8 Å². The fourth-order valence-corrected chi connectivity index (χ4v) is 2.25. The summed E-state index contributed by atoms with van der Waals surface area (Å²) >= 11 is 0. The van der Waals surface area contributed by atoms with E-state index < -0.39 is 17.2 Å². The summed E-state index contributed by atoms with van der Waals surface area (Å²) < 4.78 is 13.7. The van der Waals surface area contributed by atoms with Crippen molar-refractivity contribution in [3.8, 4) is 0 Å². The predicted octanol–water partition coefficient (Wildman–Crippen LogP) is 1.69. The molecule has 0 spiro atoms. The summed E-state index contributed by atoms with van der Waals surface area (Å²) in [6, 6.07) is 2.62. The summed E-state index contributed by atoms with van der Waals surface area (Å²) in [5.74, 6) is -1.70. The van der Waals surface area contributed by atoms with Gasteiger partial charge < -0.3 is 5.11 Å². The Bertz CT molecular complexity index is 463. The molecule has 1 saturated carbocycles. The average Bonchev–Trinajstić information content (AvgIpc) is 2.31. The Balaban J connectivity index is 2.46. The molecule has 0 bridgehead atoms. The van der Waals surface area contributed by atoms with Crippen molar-refractivity contribution in [2.75, 3.05) is 0 Å². The lowest BCUT2D eigenvalue weighted by Gasteiger charge is -2.31. The van der Waals surface area contributed by atoms with Gasteiger partial charge in [0.1, 0.15) is 17.0 Å². The lowest BCUT2D eigenvalue weighted by molar-refractivity contribution is -0.146. The van der Waals surface area contributed by atoms with Crippen LogP contribution >= 0.6 is 0 Å². The number of carbonyl (C=O) groups excluding carboxylic acids is 1. The van der Waals surface area contributed by atoms with Gasteiger partial charge in [0.15, 0.2) is 0 Å². The first-order valence-electron chi connectivity index (χ1n) is 5.42. The van der Waals surface area contributed by atoms with Crippen LogP contribution < -0.4 is 0 Å². The van der Waals surface area contributed by atoms with Crippen LogP contribution in [0.1, 0.15) is 31.4 Å². The van der Waals surface area contributed by atoms with Crippen molar-refractivity contribution in [3.63, 3.8) is 0 Å². The number of nitrogens with zero attached hydrogens (tertiary/aromatic N) is 1. The SMILES string of the molecule is O=C1CCC(C(=O)O)(c2ncccc2F)CC1. The molecule has 1 heterocycles. The number of ketones is 1. The second-order valence-electron chi connectivity index (χ2n) is 4.26. The molecule has 1 aromatic heterocycles. The van der Waals surface area contributed by atoms with Crippen LogP contribution in [0.3, 0.4) is 0 Å². The van der Waals surface area contributed by atoms with E-state index in [2.05, 4.69) is 4.98 Å². The first-order valence-corrected chi connectivity index (χ1v) is 5.42. The zero-order chi connectivity index (χ0) is 12.5. The van der Waals surface area contributed by atoms with Gasteiger partial charge in [-0.1, -0.05) is 0 Å². The number of hydrogen-bond acceptors (Lipinski definition) is 3. The Morgan fingerprint density at radius 1 is 1.41 bits per heavy atom. The molecule has 1 aliphatic carbocycles. The highest BCUT2D eigenvalue weighted by Gasteiger charge is 2.46. The Labute approximate surface area is 97.5 Å². The maximum Gasteiger partial charge on any atom is 0.315 e. The summed E-state index contributed by atoms with van der Waals surface area (Å²) in [5, 5.41) is 9.33. The molecular weight excluding hydrogens is 225 g/mol. The van der Waals surface area contributed by atoms with Gasteiger partial charge in [-0.15, -0.1) is 0 Å². The van der Waals surface area contributed by atoms with Gasteiger partial charge in [-0.05, 0) is 25.0 Å². The molecule has 0 unspecified atom stereocenters. The molecule has 2 rings (SSSR count). The van der Waals surface area contributed by atoms with Gasteiger partial charge in [0.2, 0.25) is 0 Å². The number of aromatic nitrogens is 1. The highest BCUT2D eigenvalue weighted by molar-refractivity contribution is 5.87. The number of Topliss-reactive ketones (excluding diaryl/α,β-unsaturated/α-hetero) is 1. The Hall–Kier alpha value is -1.78. The molecule has 5 heteroatoms. The lowest BCUT2D eigenvalue weighted by atomic mass is 9.71. The quantitative estimate of drug-likeness (QED) is 0.849. The van der Waals surface area contributed by atoms with E-state index in [0.717, 1.165) is 0 Å². The molecule has 0 amide bonds. The van der Waals surface area contributed by atoms with Crippen LogP contribution in [-0.2, 0) is 15.0 Å². The molecule has 1 N–H and O–H groups in total. The van der Waals surface area contributed by atoms with Gasteiger partial charge in [0.25, 0.3) is 0 Å². The maximum absolute atomic E-state index is 13.7. The zero-order valence-corrected chi connectivity index (χ0v) is 9.15. The lowest BCUT2D eigenvalue weighted by Crippen LogP contribution is -2.41. The first kappa shape index (κ1) is 11.7. The van der Waals surface area contributed by atoms with Gasteiger partial charge >= 0.3 is 5.97 Å². The Kier molecular flexibility index (Phi) is 2.92. The molecule has 1 aromatic rings. The van der Waals surface area contributed by atoms with E-state index in [1.807, 2.05) is 0 Å². The molecule has 0 radical (unpaired) electrons. The number of halogens is 1. The van der Waals surface area contributed by atoms with Crippen LogP contribution in [0.2, 0.25) is 0 Å². The molecule has 0 atom stereocenters. The number of carboxylic acids is 1. The number of carbonyl (C=O) groups is 2. The Morgan fingerprint density at radius 3 is 2.59 bits per heavy atom. The summed E-state index contributed by atoms with van der Waals surface area (Å²) in [5.41, 5.74) is -1.40. The van der Waals surface area contributed by atoms with E-state index in [4.69, 9.17) is 0 Å². The smallest absolute Gasteiger partial charge is 0.315 e. The standard InChI is InChI=1S/C12H12FNO3/c13-9-2-1-7-14-10(9)12(11(16)17)5-3-8(15)4-6-12/h1-2,7H,3-6H2,(H,16,17). The van der Waals surface area contributed by atoms with Crippen LogP contribution in [-0.4, -0.2) is 21.8 Å². The number of hydrogen-bond donors (Lipinski definition) is 1. The second-order valence-corrected chi connectivity index (χ2v) is 4.26. The third-order valence-corrected chi connectivity index (χ3v) is 3.28. The third-order valence-electron chi connectivity index (χ3n) is 3.28. The molecule has 1 aliphatic rings. The van der Waals surface area contributed by atoms with Gasteiger partial charge in [-0.3, -0.25) is 14.6 Å². The van der Waals surface area contributed by atoms with Crippen molar-refractivity contribution < 1.29 is 19.1 Å². The number of carboxylic acid groups (broad SMARTS) is 1. The van der Waals surface area contributed by atoms with Crippen molar-refractivity contribution in [2.24, 2.45) is 0 Å². The highest BCUT2D eigenvalue weighted by Crippen LogP contribution is 2.38. The van der Waals surface area contributed by atoms with Gasteiger partial charge in [-0.25, -0.2) is 4.39 Å². The summed E-state index contributed by atoms with van der Waals surface area (Å²) in [6.45, 7) is 0. The fraction of sp³-hybridized carbons (Fsp3) is 0.417. The third kappa shape index (κ3) is 1.92. The van der Waals surface area contributed by atoms with Gasteiger partial charge in [-0.2, -0.15) is 0 Å². The summed E-state index contributed by atoms with van der Waals surface area (Å²) in [7, 11) is 0. The number of pyridine rings is 1. The minimum Gasteiger partial charge on any atom is -0.481 e. The number of aliphatic carboxylic acids is 1. The summed E-state index contributed by atoms with van der Waals surface area (Å²) in [6.07, 6.45) is 1.95. The highest BCUT2D eigenvalue weighted by atomic mass is 19.1. The van der Waals surface area contributed by atoms with E-state index in [1.165, 1.54) is 18.3 Å². The monoisotopic (exact) mass is 237 g/mol. The van der Waals surface area contributed by atoms with Crippen LogP contribution in [0.15, 0.2) is 18.3 Å². The van der Waals surface area contributed by atoms with Crippen LogP contribution in [0, 0.1) is 5.82 Å². The number of rotatable bonds is 2. The van der Waals surface area contributed by atoms with E-state index in [1.54, 1.807) is 0 Å². The molecule has 4 nitrogen and oxygen atoms in total. The van der Waals surface area contributed by atoms with E-state index in [9.17, 15) is 19.1 Å². The molecule has 0 aliphatic heterocycles. The van der Waals surface area contributed by atoms with Crippen LogP contribution in [0.4, 0.5) is 4.39 Å². The fourth-order valence-electron chi connectivity index (χ4n) is 2.25. The van der Waals surface area contributed by atoms with Crippen LogP contribution in [0.25, 0.3) is 0 Å². The van der Waals surface area contributed by atoms with Crippen molar-refractivity contribution >= 4 is 11.8 Å². The minimum atomic E-state index is -1.35. The molecule has 90 valence electrons. The van der Waals surface area contributed by atoms with Crippen molar-refractivity contribution in [1.29, 1.82) is 0 Å². The summed E-state index contributed by atoms with van der Waals surface area (Å²) in [4.78, 5) is 26.5. The van der Waals surface area contributed by atoms with Crippen LogP contribution in [0.5, 0.6) is 0 Å². The van der Waals surface area contributed by atoms with E-state index in [-0.39, 0.29) is 37.2 Å². The molecule has 0 saturated heterocycles. The zero-order valence-electron chi connectivity index (χ0n) is 9.15. The molecule has 1 fully saturated rings. The molecule has 0 aromatic carbocycles. The van der Waals surface area contributed by atoms with Gasteiger partial charge in [0.05, 0.1) is 5.69 Å².